The van der Waals surface area contributed by atoms with Gasteiger partial charge in [-0.25, -0.2) is 9.78 Å². The highest BCUT2D eigenvalue weighted by Crippen LogP contribution is 2.24. The quantitative estimate of drug-likeness (QED) is 0.256. The summed E-state index contributed by atoms with van der Waals surface area (Å²) in [5, 5.41) is 14.2. The second-order valence-corrected chi connectivity index (χ2v) is 10.3. The molecule has 0 spiro atoms. The first-order valence-electron chi connectivity index (χ1n) is 12.2. The lowest BCUT2D eigenvalue weighted by Crippen LogP contribution is -2.54. The van der Waals surface area contributed by atoms with Crippen molar-refractivity contribution in [2.45, 2.75) is 44.4 Å². The van der Waals surface area contributed by atoms with Crippen LogP contribution in [-0.4, -0.2) is 29.0 Å². The maximum absolute atomic E-state index is 13.0. The summed E-state index contributed by atoms with van der Waals surface area (Å²) in [5.41, 5.74) is 1.10. The van der Waals surface area contributed by atoms with Crippen LogP contribution in [0.5, 0.6) is 5.75 Å². The first-order valence-corrected chi connectivity index (χ1v) is 13.5. The number of rotatable bonds is 7. The van der Waals surface area contributed by atoms with Gasteiger partial charge < -0.3 is 20.7 Å². The van der Waals surface area contributed by atoms with Gasteiger partial charge in [0.1, 0.15) is 23.1 Å². The lowest BCUT2D eigenvalue weighted by Gasteiger charge is -2.32. The molecule has 1 saturated carbocycles. The van der Waals surface area contributed by atoms with Gasteiger partial charge in [0, 0.05) is 21.8 Å². The molecule has 3 N–H and O–H groups in total. The van der Waals surface area contributed by atoms with E-state index >= 15 is 0 Å². The molecule has 1 fully saturated rings. The van der Waals surface area contributed by atoms with Gasteiger partial charge in [0.05, 0.1) is 11.7 Å². The predicted octanol–water partition coefficient (Wildman–Crippen LogP) is 6.39. The summed E-state index contributed by atoms with van der Waals surface area (Å²) in [5.74, 6) is 0.436. The molecule has 3 amide bonds. The fraction of sp³-hybridized carbons (Fsp3) is 0.250. The third-order valence-electron chi connectivity index (χ3n) is 6.40. The zero-order chi connectivity index (χ0) is 25.6. The number of hydrogen-bond acceptors (Lipinski definition) is 5. The number of nitrogens with one attached hydrogen (secondary N) is 3. The van der Waals surface area contributed by atoms with Crippen LogP contribution in [0.3, 0.4) is 0 Å². The number of carbonyl (C=O) groups is 2. The monoisotopic (exact) mass is 534 g/mol. The number of halogens is 1. The van der Waals surface area contributed by atoms with E-state index in [2.05, 4.69) is 20.9 Å². The van der Waals surface area contributed by atoms with Crippen LogP contribution in [0, 0.1) is 0 Å². The average Bonchev–Trinajstić information content (AvgIpc) is 3.39. The molecular formula is C28H27ClN4O3S. The summed E-state index contributed by atoms with van der Waals surface area (Å²) in [4.78, 5) is 30.3. The fourth-order valence-corrected chi connectivity index (χ4v) is 5.35. The van der Waals surface area contributed by atoms with Crippen molar-refractivity contribution in [2.24, 2.45) is 0 Å². The first-order chi connectivity index (χ1) is 18.0. The van der Waals surface area contributed by atoms with Crippen LogP contribution in [0.4, 0.5) is 10.5 Å². The number of aromatic nitrogens is 1. The maximum atomic E-state index is 13.0. The summed E-state index contributed by atoms with van der Waals surface area (Å²) >= 11 is 7.28. The number of thiazole rings is 1. The van der Waals surface area contributed by atoms with E-state index in [1.54, 1.807) is 29.6 Å². The number of urea groups is 1. The molecule has 0 aliphatic heterocycles. The summed E-state index contributed by atoms with van der Waals surface area (Å²) in [6.07, 6.45) is 3.58. The minimum atomic E-state index is -0.280. The van der Waals surface area contributed by atoms with E-state index in [0.29, 0.717) is 21.5 Å². The Balaban J connectivity index is 1.17. The SMILES string of the molecule is O=C(Nc1cccc2ccccc12)N[C@H]1CCCC[C@@H]1NC(=O)c1csc(COc2ccc(Cl)cc2)n1. The van der Waals surface area contributed by atoms with Gasteiger partial charge in [-0.1, -0.05) is 60.8 Å². The molecule has 5 rings (SSSR count). The molecule has 0 saturated heterocycles. The highest BCUT2D eigenvalue weighted by Gasteiger charge is 2.29. The molecule has 4 aromatic rings. The molecule has 1 aliphatic rings. The summed E-state index contributed by atoms with van der Waals surface area (Å²) < 4.78 is 5.73. The Kier molecular flexibility index (Phi) is 7.87. The van der Waals surface area contributed by atoms with Gasteiger partial charge in [-0.3, -0.25) is 4.79 Å². The lowest BCUT2D eigenvalue weighted by atomic mass is 9.90. The van der Waals surface area contributed by atoms with Gasteiger partial charge in [0.15, 0.2) is 0 Å². The van der Waals surface area contributed by atoms with E-state index in [4.69, 9.17) is 16.3 Å². The largest absolute Gasteiger partial charge is 0.486 e. The van der Waals surface area contributed by atoms with Gasteiger partial charge in [-0.2, -0.15) is 0 Å². The molecule has 1 aliphatic carbocycles. The molecule has 2 atom stereocenters. The normalized spacial score (nSPS) is 17.2. The summed E-state index contributed by atoms with van der Waals surface area (Å²) in [7, 11) is 0. The zero-order valence-electron chi connectivity index (χ0n) is 20.1. The van der Waals surface area contributed by atoms with Gasteiger partial charge in [0.25, 0.3) is 5.91 Å². The molecule has 0 unspecified atom stereocenters. The van der Waals surface area contributed by atoms with Crippen LogP contribution in [0.25, 0.3) is 10.8 Å². The third kappa shape index (κ3) is 6.39. The average molecular weight is 535 g/mol. The lowest BCUT2D eigenvalue weighted by molar-refractivity contribution is 0.0911. The molecule has 0 radical (unpaired) electrons. The fourth-order valence-electron chi connectivity index (χ4n) is 4.54. The Morgan fingerprint density at radius 1 is 0.946 bits per heavy atom. The number of nitrogens with zero attached hydrogens (tertiary/aromatic N) is 1. The molecule has 1 aromatic heterocycles. The molecule has 7 nitrogen and oxygen atoms in total. The van der Waals surface area contributed by atoms with E-state index in [1.807, 2.05) is 42.5 Å². The Hall–Kier alpha value is -3.62. The van der Waals surface area contributed by atoms with E-state index in [9.17, 15) is 9.59 Å². The van der Waals surface area contributed by atoms with Gasteiger partial charge >= 0.3 is 6.03 Å². The number of amides is 3. The van der Waals surface area contributed by atoms with E-state index in [-0.39, 0.29) is 30.6 Å². The number of anilines is 1. The van der Waals surface area contributed by atoms with E-state index in [0.717, 1.165) is 42.1 Å². The van der Waals surface area contributed by atoms with Crippen molar-refractivity contribution >= 4 is 51.3 Å². The highest BCUT2D eigenvalue weighted by molar-refractivity contribution is 7.09. The first kappa shape index (κ1) is 25.0. The summed E-state index contributed by atoms with van der Waals surface area (Å²) in [6.45, 7) is 0.265. The number of ether oxygens (including phenoxy) is 1. The topological polar surface area (TPSA) is 92.4 Å². The Morgan fingerprint density at radius 3 is 2.49 bits per heavy atom. The number of carbonyl (C=O) groups excluding carboxylic acids is 2. The molecule has 190 valence electrons. The number of hydrogen-bond donors (Lipinski definition) is 3. The van der Waals surface area contributed by atoms with Crippen LogP contribution in [-0.2, 0) is 6.61 Å². The standard InChI is InChI=1S/C28H27ClN4O3S/c29-19-12-14-20(15-13-19)36-16-26-30-25(17-37-26)27(34)31-23-9-3-4-10-24(23)33-28(35)32-22-11-5-7-18-6-1-2-8-21(18)22/h1-2,5-8,11-15,17,23-24H,3-4,9-10,16H2,(H,31,34)(H2,32,33,35)/t23-,24-/m0/s1. The minimum Gasteiger partial charge on any atom is -0.486 e. The molecule has 1 heterocycles. The van der Waals surface area contributed by atoms with Crippen molar-refractivity contribution in [3.63, 3.8) is 0 Å². The second kappa shape index (κ2) is 11.6. The van der Waals surface area contributed by atoms with Crippen molar-refractivity contribution in [3.05, 3.63) is 87.8 Å². The van der Waals surface area contributed by atoms with Crippen molar-refractivity contribution < 1.29 is 14.3 Å². The van der Waals surface area contributed by atoms with Crippen molar-refractivity contribution in [1.82, 2.24) is 15.6 Å². The Morgan fingerprint density at radius 2 is 1.68 bits per heavy atom. The Bertz CT molecular complexity index is 1390. The summed E-state index contributed by atoms with van der Waals surface area (Å²) in [6, 6.07) is 20.2. The van der Waals surface area contributed by atoms with Crippen molar-refractivity contribution in [3.8, 4) is 5.75 Å². The number of fused-ring (bicyclic) bond motifs is 1. The van der Waals surface area contributed by atoms with E-state index in [1.165, 1.54) is 11.3 Å². The van der Waals surface area contributed by atoms with Crippen LogP contribution < -0.4 is 20.7 Å². The maximum Gasteiger partial charge on any atom is 0.319 e. The van der Waals surface area contributed by atoms with Crippen LogP contribution in [0.2, 0.25) is 5.02 Å². The highest BCUT2D eigenvalue weighted by atomic mass is 35.5. The number of benzene rings is 3. The molecule has 0 bridgehead atoms. The molecule has 9 heteroatoms. The third-order valence-corrected chi connectivity index (χ3v) is 7.47. The van der Waals surface area contributed by atoms with Crippen LogP contribution >= 0.6 is 22.9 Å². The van der Waals surface area contributed by atoms with Crippen LogP contribution in [0.1, 0.15) is 41.2 Å². The van der Waals surface area contributed by atoms with Gasteiger partial charge in [-0.05, 0) is 48.6 Å². The molecule has 37 heavy (non-hydrogen) atoms. The smallest absolute Gasteiger partial charge is 0.319 e. The molecular weight excluding hydrogens is 508 g/mol. The van der Waals surface area contributed by atoms with Gasteiger partial charge in [0.2, 0.25) is 0 Å². The minimum absolute atomic E-state index is 0.168. The van der Waals surface area contributed by atoms with Crippen molar-refractivity contribution in [2.75, 3.05) is 5.32 Å². The second-order valence-electron chi connectivity index (χ2n) is 8.97. The van der Waals surface area contributed by atoms with Gasteiger partial charge in [-0.15, -0.1) is 11.3 Å². The van der Waals surface area contributed by atoms with E-state index < -0.39 is 0 Å². The Labute approximate surface area is 224 Å². The van der Waals surface area contributed by atoms with Crippen molar-refractivity contribution in [1.29, 1.82) is 0 Å². The van der Waals surface area contributed by atoms with Crippen LogP contribution in [0.15, 0.2) is 72.1 Å². The zero-order valence-corrected chi connectivity index (χ0v) is 21.6. The molecule has 3 aromatic carbocycles. The predicted molar refractivity (Wildman–Crippen MR) is 148 cm³/mol.